The van der Waals surface area contributed by atoms with Crippen molar-refractivity contribution in [2.75, 3.05) is 6.61 Å². The van der Waals surface area contributed by atoms with E-state index in [9.17, 15) is 14.7 Å². The minimum Gasteiger partial charge on any atom is -0.546 e. The van der Waals surface area contributed by atoms with Crippen LogP contribution in [0.4, 0.5) is 0 Å². The molecule has 0 aliphatic rings. The summed E-state index contributed by atoms with van der Waals surface area (Å²) in [4.78, 5) is 28.3. The van der Waals surface area contributed by atoms with Crippen LogP contribution in [0.25, 0.3) is 10.9 Å². The molecule has 0 saturated heterocycles. The zero-order valence-corrected chi connectivity index (χ0v) is 18.7. The predicted molar refractivity (Wildman–Crippen MR) is 126 cm³/mol. The monoisotopic (exact) mass is 456 g/mol. The van der Waals surface area contributed by atoms with Gasteiger partial charge in [0.05, 0.1) is 23.1 Å². The quantitative estimate of drug-likeness (QED) is 0.378. The zero-order valence-electron chi connectivity index (χ0n) is 18.7. The van der Waals surface area contributed by atoms with E-state index in [1.54, 1.807) is 42.5 Å². The summed E-state index contributed by atoms with van der Waals surface area (Å²) >= 11 is 0. The van der Waals surface area contributed by atoms with Crippen molar-refractivity contribution in [3.8, 4) is 11.5 Å². The molecule has 0 N–H and O–H groups in total. The van der Waals surface area contributed by atoms with E-state index in [1.165, 1.54) is 10.9 Å². The third kappa shape index (κ3) is 5.12. The predicted octanol–water partition coefficient (Wildman–Crippen LogP) is 2.60. The molecule has 8 heteroatoms. The van der Waals surface area contributed by atoms with Crippen molar-refractivity contribution in [2.45, 2.75) is 20.5 Å². The number of hydrogen-bond donors (Lipinski definition) is 0. The molecular formula is C26H22N3O5-. The number of benzene rings is 3. The van der Waals surface area contributed by atoms with Crippen LogP contribution < -0.4 is 20.1 Å². The number of rotatable bonds is 8. The van der Waals surface area contributed by atoms with E-state index in [-0.39, 0.29) is 12.2 Å². The Morgan fingerprint density at radius 1 is 1.00 bits per heavy atom. The Labute approximate surface area is 195 Å². The van der Waals surface area contributed by atoms with E-state index in [2.05, 4.69) is 10.1 Å². The molecule has 1 heterocycles. The number of carbonyl (C=O) groups excluding carboxylic acids is 1. The van der Waals surface area contributed by atoms with Crippen molar-refractivity contribution >= 4 is 23.1 Å². The number of aliphatic carboxylic acids is 1. The molecule has 0 saturated carbocycles. The molecule has 0 atom stereocenters. The summed E-state index contributed by atoms with van der Waals surface area (Å²) in [5.74, 6) is 0.183. The van der Waals surface area contributed by atoms with E-state index in [0.29, 0.717) is 28.0 Å². The highest BCUT2D eigenvalue weighted by molar-refractivity contribution is 5.80. The number of carboxylic acids is 1. The number of ether oxygens (including phenoxy) is 2. The van der Waals surface area contributed by atoms with Gasteiger partial charge in [-0.2, -0.15) is 9.78 Å². The van der Waals surface area contributed by atoms with Gasteiger partial charge in [-0.15, -0.1) is 0 Å². The number of aromatic nitrogens is 2. The van der Waals surface area contributed by atoms with Crippen molar-refractivity contribution in [3.05, 3.63) is 99.6 Å². The topological polar surface area (TPSA) is 106 Å². The maximum atomic E-state index is 13.2. The SMILES string of the molecule is Cc1cccc(C)c1OCc1nc2ccccc2c(=O)n1/N=C\c1ccc(OCC(=O)[O-])cc1. The fourth-order valence-electron chi connectivity index (χ4n) is 3.46. The normalized spacial score (nSPS) is 11.1. The van der Waals surface area contributed by atoms with Gasteiger partial charge in [-0.05, 0) is 66.9 Å². The Morgan fingerprint density at radius 2 is 1.71 bits per heavy atom. The van der Waals surface area contributed by atoms with E-state index in [0.717, 1.165) is 16.9 Å². The largest absolute Gasteiger partial charge is 0.546 e. The highest BCUT2D eigenvalue weighted by Gasteiger charge is 2.12. The maximum Gasteiger partial charge on any atom is 0.282 e. The fraction of sp³-hybridized carbons (Fsp3) is 0.154. The van der Waals surface area contributed by atoms with Crippen LogP contribution >= 0.6 is 0 Å². The first-order chi connectivity index (χ1) is 16.4. The number of para-hydroxylation sites is 2. The first kappa shape index (κ1) is 22.7. The maximum absolute atomic E-state index is 13.2. The number of nitrogens with zero attached hydrogens (tertiary/aromatic N) is 3. The van der Waals surface area contributed by atoms with E-state index in [4.69, 9.17) is 9.47 Å². The van der Waals surface area contributed by atoms with Crippen molar-refractivity contribution < 1.29 is 19.4 Å². The van der Waals surface area contributed by atoms with Crippen LogP contribution in [0.5, 0.6) is 11.5 Å². The molecule has 0 radical (unpaired) electrons. The molecule has 0 bridgehead atoms. The van der Waals surface area contributed by atoms with Gasteiger partial charge in [0.2, 0.25) is 0 Å². The highest BCUT2D eigenvalue weighted by Crippen LogP contribution is 2.23. The second-order valence-corrected chi connectivity index (χ2v) is 7.65. The number of carboxylic acid groups (broad SMARTS) is 1. The molecule has 4 rings (SSSR count). The standard InChI is InChI=1S/C26H23N3O5/c1-17-6-5-7-18(2)25(17)34-15-23-28-22-9-4-3-8-21(22)26(32)29(23)27-14-19-10-12-20(13-11-19)33-16-24(30)31/h3-14H,15-16H2,1-2H3,(H,30,31)/p-1/b27-14-. The Bertz CT molecular complexity index is 1400. The van der Waals surface area contributed by atoms with E-state index < -0.39 is 12.6 Å². The van der Waals surface area contributed by atoms with Crippen molar-refractivity contribution in [2.24, 2.45) is 5.10 Å². The molecular weight excluding hydrogens is 434 g/mol. The van der Waals surface area contributed by atoms with Crippen LogP contribution in [0, 0.1) is 13.8 Å². The molecule has 0 aliphatic heterocycles. The third-order valence-electron chi connectivity index (χ3n) is 5.13. The summed E-state index contributed by atoms with van der Waals surface area (Å²) < 4.78 is 12.4. The van der Waals surface area contributed by atoms with Gasteiger partial charge in [0, 0.05) is 0 Å². The van der Waals surface area contributed by atoms with Crippen LogP contribution in [-0.4, -0.2) is 28.5 Å². The average Bonchev–Trinajstić information content (AvgIpc) is 2.83. The Hall–Kier alpha value is -4.46. The summed E-state index contributed by atoms with van der Waals surface area (Å²) in [7, 11) is 0. The van der Waals surface area contributed by atoms with E-state index >= 15 is 0 Å². The molecule has 172 valence electrons. The number of aryl methyl sites for hydroxylation is 2. The molecule has 0 amide bonds. The Morgan fingerprint density at radius 3 is 2.41 bits per heavy atom. The van der Waals surface area contributed by atoms with Gasteiger partial charge in [0.15, 0.2) is 5.82 Å². The van der Waals surface area contributed by atoms with Gasteiger partial charge in [-0.25, -0.2) is 4.98 Å². The van der Waals surface area contributed by atoms with Crippen LogP contribution in [0.1, 0.15) is 22.5 Å². The molecule has 0 spiro atoms. The van der Waals surface area contributed by atoms with Gasteiger partial charge >= 0.3 is 0 Å². The van der Waals surface area contributed by atoms with Gasteiger partial charge in [0.1, 0.15) is 24.7 Å². The molecule has 1 aromatic heterocycles. The third-order valence-corrected chi connectivity index (χ3v) is 5.13. The number of carbonyl (C=O) groups is 1. The van der Waals surface area contributed by atoms with Crippen LogP contribution in [0.3, 0.4) is 0 Å². The molecule has 4 aromatic rings. The minimum absolute atomic E-state index is 0.0547. The van der Waals surface area contributed by atoms with Gasteiger partial charge in [0.25, 0.3) is 5.56 Å². The summed E-state index contributed by atoms with van der Waals surface area (Å²) in [5.41, 5.74) is 2.91. The van der Waals surface area contributed by atoms with Crippen molar-refractivity contribution in [1.29, 1.82) is 0 Å². The second-order valence-electron chi connectivity index (χ2n) is 7.65. The molecule has 8 nitrogen and oxygen atoms in total. The van der Waals surface area contributed by atoms with Crippen molar-refractivity contribution in [3.63, 3.8) is 0 Å². The smallest absolute Gasteiger partial charge is 0.282 e. The van der Waals surface area contributed by atoms with Crippen LogP contribution in [0.2, 0.25) is 0 Å². The average molecular weight is 456 g/mol. The van der Waals surface area contributed by atoms with Crippen LogP contribution in [0.15, 0.2) is 76.6 Å². The first-order valence-electron chi connectivity index (χ1n) is 10.6. The molecule has 3 aromatic carbocycles. The summed E-state index contributed by atoms with van der Waals surface area (Å²) in [6.07, 6.45) is 1.52. The molecule has 0 fully saturated rings. The van der Waals surface area contributed by atoms with Gasteiger partial charge < -0.3 is 19.4 Å². The lowest BCUT2D eigenvalue weighted by Crippen LogP contribution is -2.28. The Kier molecular flexibility index (Phi) is 6.68. The lowest BCUT2D eigenvalue weighted by molar-refractivity contribution is -0.307. The Balaban J connectivity index is 1.66. The summed E-state index contributed by atoms with van der Waals surface area (Å²) in [6, 6.07) is 19.6. The van der Waals surface area contributed by atoms with Crippen molar-refractivity contribution in [1.82, 2.24) is 9.66 Å². The van der Waals surface area contributed by atoms with E-state index in [1.807, 2.05) is 38.1 Å². The fourth-order valence-corrected chi connectivity index (χ4v) is 3.46. The summed E-state index contributed by atoms with van der Waals surface area (Å²) in [5, 5.41) is 15.4. The zero-order chi connectivity index (χ0) is 24.1. The van der Waals surface area contributed by atoms with Crippen LogP contribution in [-0.2, 0) is 11.4 Å². The number of fused-ring (bicyclic) bond motifs is 1. The summed E-state index contributed by atoms with van der Waals surface area (Å²) in [6.45, 7) is 3.44. The molecule has 34 heavy (non-hydrogen) atoms. The van der Waals surface area contributed by atoms with Gasteiger partial charge in [-0.1, -0.05) is 30.3 Å². The lowest BCUT2D eigenvalue weighted by Gasteiger charge is -2.14. The molecule has 0 aliphatic carbocycles. The number of hydrogen-bond acceptors (Lipinski definition) is 7. The highest BCUT2D eigenvalue weighted by atomic mass is 16.5. The molecule has 0 unspecified atom stereocenters. The van der Waals surface area contributed by atoms with Gasteiger partial charge in [-0.3, -0.25) is 4.79 Å². The second kappa shape index (κ2) is 9.99. The lowest BCUT2D eigenvalue weighted by atomic mass is 10.1. The first-order valence-corrected chi connectivity index (χ1v) is 10.6. The minimum atomic E-state index is -1.30.